The lowest BCUT2D eigenvalue weighted by molar-refractivity contribution is 0.0827. The van der Waals surface area contributed by atoms with Gasteiger partial charge in [-0.1, -0.05) is 36.4 Å². The van der Waals surface area contributed by atoms with Crippen LogP contribution in [0.25, 0.3) is 0 Å². The van der Waals surface area contributed by atoms with Crippen molar-refractivity contribution in [2.45, 2.75) is 26.6 Å². The minimum Gasteiger partial charge on any atom is -0.377 e. The van der Waals surface area contributed by atoms with Crippen LogP contribution in [0.5, 0.6) is 0 Å². The Labute approximate surface area is 167 Å². The fourth-order valence-corrected chi connectivity index (χ4v) is 2.69. The fourth-order valence-electron chi connectivity index (χ4n) is 2.69. The van der Waals surface area contributed by atoms with Crippen LogP contribution in [0.2, 0.25) is 0 Å². The SMILES string of the molecule is CCOCc1ccccc1CNC(=NC)NCc1ccc(C(=O)N(C)C)cc1. The van der Waals surface area contributed by atoms with E-state index in [0.29, 0.717) is 31.9 Å². The van der Waals surface area contributed by atoms with Gasteiger partial charge in [-0.05, 0) is 35.7 Å². The van der Waals surface area contributed by atoms with Crippen LogP contribution in [0, 0.1) is 0 Å². The third-order valence-corrected chi connectivity index (χ3v) is 4.32. The number of nitrogens with one attached hydrogen (secondary N) is 2. The van der Waals surface area contributed by atoms with Crippen LogP contribution in [-0.2, 0) is 24.4 Å². The minimum atomic E-state index is 0.00250. The van der Waals surface area contributed by atoms with Crippen LogP contribution < -0.4 is 10.6 Å². The topological polar surface area (TPSA) is 66.0 Å². The molecule has 0 radical (unpaired) electrons. The zero-order valence-corrected chi connectivity index (χ0v) is 17.2. The van der Waals surface area contributed by atoms with E-state index in [9.17, 15) is 4.79 Å². The number of ether oxygens (including phenoxy) is 1. The van der Waals surface area contributed by atoms with Crippen LogP contribution in [-0.4, -0.2) is 44.5 Å². The molecule has 6 heteroatoms. The molecule has 0 aliphatic heterocycles. The molecule has 0 aliphatic carbocycles. The lowest BCUT2D eigenvalue weighted by Crippen LogP contribution is -2.36. The lowest BCUT2D eigenvalue weighted by atomic mass is 10.1. The Morgan fingerprint density at radius 2 is 1.64 bits per heavy atom. The van der Waals surface area contributed by atoms with Gasteiger partial charge in [-0.2, -0.15) is 0 Å². The highest BCUT2D eigenvalue weighted by Gasteiger charge is 2.08. The molecule has 0 bridgehead atoms. The molecule has 6 nitrogen and oxygen atoms in total. The highest BCUT2D eigenvalue weighted by atomic mass is 16.5. The van der Waals surface area contributed by atoms with E-state index in [-0.39, 0.29) is 5.91 Å². The molecule has 0 unspecified atom stereocenters. The number of rotatable bonds is 8. The van der Waals surface area contributed by atoms with Gasteiger partial charge in [0.1, 0.15) is 0 Å². The summed E-state index contributed by atoms with van der Waals surface area (Å²) in [5, 5.41) is 6.64. The molecule has 0 aliphatic rings. The fraction of sp³-hybridized carbons (Fsp3) is 0.364. The molecule has 0 saturated carbocycles. The average molecular weight is 383 g/mol. The van der Waals surface area contributed by atoms with E-state index >= 15 is 0 Å². The van der Waals surface area contributed by atoms with Gasteiger partial charge in [0.2, 0.25) is 0 Å². The molecule has 2 rings (SSSR count). The lowest BCUT2D eigenvalue weighted by Gasteiger charge is -2.15. The van der Waals surface area contributed by atoms with Gasteiger partial charge < -0.3 is 20.3 Å². The molecule has 2 aromatic rings. The van der Waals surface area contributed by atoms with Crippen LogP contribution >= 0.6 is 0 Å². The Morgan fingerprint density at radius 3 is 2.25 bits per heavy atom. The molecule has 0 atom stereocenters. The monoisotopic (exact) mass is 382 g/mol. The van der Waals surface area contributed by atoms with Crippen molar-refractivity contribution in [1.29, 1.82) is 0 Å². The number of benzene rings is 2. The van der Waals surface area contributed by atoms with E-state index in [2.05, 4.69) is 27.8 Å². The highest BCUT2D eigenvalue weighted by Crippen LogP contribution is 2.10. The van der Waals surface area contributed by atoms with Crippen LogP contribution in [0.15, 0.2) is 53.5 Å². The second-order valence-corrected chi connectivity index (χ2v) is 6.58. The summed E-state index contributed by atoms with van der Waals surface area (Å²) in [7, 11) is 5.25. The van der Waals surface area contributed by atoms with Crippen molar-refractivity contribution in [3.8, 4) is 0 Å². The molecule has 1 amide bonds. The summed E-state index contributed by atoms with van der Waals surface area (Å²) in [5.41, 5.74) is 4.12. The Balaban J connectivity index is 1.89. The van der Waals surface area contributed by atoms with Crippen LogP contribution in [0.4, 0.5) is 0 Å². The molecule has 28 heavy (non-hydrogen) atoms. The molecule has 150 valence electrons. The summed E-state index contributed by atoms with van der Waals surface area (Å²) in [6.45, 7) is 4.59. The first-order valence-corrected chi connectivity index (χ1v) is 9.44. The first-order valence-electron chi connectivity index (χ1n) is 9.44. The smallest absolute Gasteiger partial charge is 0.253 e. The summed E-state index contributed by atoms with van der Waals surface area (Å²) in [6, 6.07) is 15.8. The molecule has 2 N–H and O–H groups in total. The number of guanidine groups is 1. The Hall–Kier alpha value is -2.86. The van der Waals surface area contributed by atoms with Crippen molar-refractivity contribution >= 4 is 11.9 Å². The molecular formula is C22H30N4O2. The van der Waals surface area contributed by atoms with Crippen molar-refractivity contribution in [2.75, 3.05) is 27.7 Å². The van der Waals surface area contributed by atoms with Gasteiger partial charge >= 0.3 is 0 Å². The first kappa shape index (κ1) is 21.4. The van der Waals surface area contributed by atoms with Crippen molar-refractivity contribution in [2.24, 2.45) is 4.99 Å². The number of amides is 1. The Kier molecular flexibility index (Phi) is 8.49. The third kappa shape index (κ3) is 6.39. The Morgan fingerprint density at radius 1 is 1.00 bits per heavy atom. The number of hydrogen-bond acceptors (Lipinski definition) is 3. The maximum atomic E-state index is 12.0. The number of carbonyl (C=O) groups is 1. The number of aliphatic imine (C=N–C) groups is 1. The van der Waals surface area contributed by atoms with Gasteiger partial charge in [0, 0.05) is 46.4 Å². The van der Waals surface area contributed by atoms with E-state index in [1.54, 1.807) is 26.0 Å². The van der Waals surface area contributed by atoms with Crippen molar-refractivity contribution in [1.82, 2.24) is 15.5 Å². The van der Waals surface area contributed by atoms with Crippen molar-refractivity contribution in [3.63, 3.8) is 0 Å². The highest BCUT2D eigenvalue weighted by molar-refractivity contribution is 5.93. The van der Waals surface area contributed by atoms with Gasteiger partial charge in [0.05, 0.1) is 6.61 Å². The van der Waals surface area contributed by atoms with E-state index < -0.39 is 0 Å². The summed E-state index contributed by atoms with van der Waals surface area (Å²) in [6.07, 6.45) is 0. The van der Waals surface area contributed by atoms with Gasteiger partial charge in [-0.15, -0.1) is 0 Å². The van der Waals surface area contributed by atoms with E-state index in [1.807, 2.05) is 43.3 Å². The molecule has 0 saturated heterocycles. The standard InChI is InChI=1S/C22H30N4O2/c1-5-28-16-20-9-7-6-8-19(20)15-25-22(23-2)24-14-17-10-12-18(13-11-17)21(27)26(3)4/h6-13H,5,14-16H2,1-4H3,(H2,23,24,25). The Bertz CT molecular complexity index is 785. The largest absolute Gasteiger partial charge is 0.377 e. The predicted molar refractivity (Wildman–Crippen MR) is 113 cm³/mol. The maximum absolute atomic E-state index is 12.0. The van der Waals surface area contributed by atoms with Crippen LogP contribution in [0.1, 0.15) is 34.0 Å². The van der Waals surface area contributed by atoms with Crippen LogP contribution in [0.3, 0.4) is 0 Å². The summed E-state index contributed by atoms with van der Waals surface area (Å²) in [4.78, 5) is 17.8. The molecule has 0 aromatic heterocycles. The molecule has 0 heterocycles. The average Bonchev–Trinajstić information content (AvgIpc) is 2.72. The summed E-state index contributed by atoms with van der Waals surface area (Å²) in [5.74, 6) is 0.724. The molecule has 0 spiro atoms. The zero-order valence-electron chi connectivity index (χ0n) is 17.2. The van der Waals surface area contributed by atoms with E-state index in [4.69, 9.17) is 4.74 Å². The van der Waals surface area contributed by atoms with Crippen molar-refractivity contribution < 1.29 is 9.53 Å². The van der Waals surface area contributed by atoms with Gasteiger partial charge in [-0.25, -0.2) is 0 Å². The van der Waals surface area contributed by atoms with Crippen molar-refractivity contribution in [3.05, 3.63) is 70.8 Å². The second-order valence-electron chi connectivity index (χ2n) is 6.58. The minimum absolute atomic E-state index is 0.00250. The normalized spacial score (nSPS) is 11.2. The van der Waals surface area contributed by atoms with E-state index in [0.717, 1.165) is 11.5 Å². The third-order valence-electron chi connectivity index (χ3n) is 4.32. The predicted octanol–water partition coefficient (Wildman–Crippen LogP) is 2.79. The number of hydrogen-bond donors (Lipinski definition) is 2. The number of carbonyl (C=O) groups excluding carboxylic acids is 1. The quantitative estimate of drug-likeness (QED) is 0.544. The second kappa shape index (κ2) is 11.1. The maximum Gasteiger partial charge on any atom is 0.253 e. The number of nitrogens with zero attached hydrogens (tertiary/aromatic N) is 2. The first-order chi connectivity index (χ1) is 13.5. The van der Waals surface area contributed by atoms with Gasteiger partial charge in [0.15, 0.2) is 5.96 Å². The molecule has 0 fully saturated rings. The summed E-state index contributed by atoms with van der Waals surface area (Å²) >= 11 is 0. The summed E-state index contributed by atoms with van der Waals surface area (Å²) < 4.78 is 5.54. The molecular weight excluding hydrogens is 352 g/mol. The van der Waals surface area contributed by atoms with Gasteiger partial charge in [0.25, 0.3) is 5.91 Å². The molecule has 2 aromatic carbocycles. The zero-order chi connectivity index (χ0) is 20.4. The van der Waals surface area contributed by atoms with Gasteiger partial charge in [-0.3, -0.25) is 9.79 Å². The van der Waals surface area contributed by atoms with E-state index in [1.165, 1.54) is 11.1 Å².